The lowest BCUT2D eigenvalue weighted by Crippen LogP contribution is -2.46. The molecule has 45 heavy (non-hydrogen) atoms. The molecule has 0 bridgehead atoms. The van der Waals surface area contributed by atoms with Crippen molar-refractivity contribution in [2.75, 3.05) is 24.7 Å². The molecule has 2 aromatic heterocycles. The zero-order chi connectivity index (χ0) is 31.9. The second kappa shape index (κ2) is 14.7. The fraction of sp³-hybridized carbons (Fsp3) is 0.412. The van der Waals surface area contributed by atoms with Gasteiger partial charge in [-0.15, -0.1) is 0 Å². The summed E-state index contributed by atoms with van der Waals surface area (Å²) in [4.78, 5) is 39.8. The van der Waals surface area contributed by atoms with E-state index < -0.39 is 9.68 Å². The quantitative estimate of drug-likeness (QED) is 0.220. The summed E-state index contributed by atoms with van der Waals surface area (Å²) in [5.41, 5.74) is 5.27. The van der Waals surface area contributed by atoms with E-state index in [4.69, 9.17) is 5.10 Å². The Labute approximate surface area is 268 Å². The minimum Gasteiger partial charge on any atom is -0.410 e. The molecule has 2 N–H and O–H groups in total. The number of benzene rings is 2. The highest BCUT2D eigenvalue weighted by Crippen LogP contribution is 2.29. The molecule has 0 spiro atoms. The number of imidazole rings is 1. The third kappa shape index (κ3) is 7.37. The molecule has 2 amide bonds. The van der Waals surface area contributed by atoms with E-state index in [-0.39, 0.29) is 24.5 Å². The third-order valence-electron chi connectivity index (χ3n) is 8.47. The van der Waals surface area contributed by atoms with Gasteiger partial charge in [0, 0.05) is 44.3 Å². The van der Waals surface area contributed by atoms with Gasteiger partial charge in [-0.25, -0.2) is 9.67 Å². The summed E-state index contributed by atoms with van der Waals surface area (Å²) in [5.74, 6) is -0.267. The second-order valence-corrected chi connectivity index (χ2v) is 13.4. The lowest BCUT2D eigenvalue weighted by atomic mass is 9.93. The summed E-state index contributed by atoms with van der Waals surface area (Å²) < 4.78 is 3.64. The molecule has 2 aromatic carbocycles. The van der Waals surface area contributed by atoms with E-state index in [0.29, 0.717) is 43.0 Å². The number of aryl methyl sites for hydroxylation is 2. The molecule has 0 saturated heterocycles. The van der Waals surface area contributed by atoms with E-state index in [1.54, 1.807) is 15.9 Å². The summed E-state index contributed by atoms with van der Waals surface area (Å²) in [6.45, 7) is 7.83. The number of nitrogens with one attached hydrogen (secondary N) is 1. The van der Waals surface area contributed by atoms with E-state index in [1.807, 2.05) is 72.1 Å². The smallest absolute Gasteiger partial charge is 0.274 e. The topological polar surface area (TPSA) is 109 Å². The lowest BCUT2D eigenvalue weighted by Gasteiger charge is -2.36. The molecule has 238 valence electrons. The van der Waals surface area contributed by atoms with E-state index in [1.165, 1.54) is 0 Å². The molecular formula is C34H45N7O3Si. The van der Waals surface area contributed by atoms with Gasteiger partial charge in [-0.1, -0.05) is 51.0 Å². The van der Waals surface area contributed by atoms with Crippen LogP contribution in [0.3, 0.4) is 0 Å². The lowest BCUT2D eigenvalue weighted by molar-refractivity contribution is 0.0544. The van der Waals surface area contributed by atoms with Gasteiger partial charge >= 0.3 is 0 Å². The minimum absolute atomic E-state index is 0.0840. The van der Waals surface area contributed by atoms with Crippen molar-refractivity contribution >= 4 is 32.5 Å². The average Bonchev–Trinajstić information content (AvgIpc) is 3.67. The Morgan fingerprint density at radius 3 is 2.47 bits per heavy atom. The van der Waals surface area contributed by atoms with Crippen molar-refractivity contribution in [3.05, 3.63) is 89.1 Å². The number of unbranched alkanes of at least 4 members (excludes halogenated alkanes) is 2. The Bertz CT molecular complexity index is 1620. The second-order valence-electron chi connectivity index (χ2n) is 11.9. The van der Waals surface area contributed by atoms with Crippen LogP contribution in [0.4, 0.5) is 5.69 Å². The predicted molar refractivity (Wildman–Crippen MR) is 180 cm³/mol. The van der Waals surface area contributed by atoms with Crippen molar-refractivity contribution in [1.29, 1.82) is 0 Å². The van der Waals surface area contributed by atoms with Crippen molar-refractivity contribution in [3.63, 3.8) is 0 Å². The van der Waals surface area contributed by atoms with E-state index in [9.17, 15) is 14.7 Å². The molecule has 0 fully saturated rings. The molecule has 4 aromatic rings. The largest absolute Gasteiger partial charge is 0.410 e. The number of aliphatic hydroxyl groups is 1. The van der Waals surface area contributed by atoms with E-state index >= 15 is 0 Å². The van der Waals surface area contributed by atoms with Crippen LogP contribution in [0.1, 0.15) is 77.2 Å². The molecule has 1 aliphatic heterocycles. The van der Waals surface area contributed by atoms with Crippen LogP contribution in [-0.4, -0.2) is 81.5 Å². The molecule has 3 heterocycles. The van der Waals surface area contributed by atoms with Crippen LogP contribution in [-0.2, 0) is 20.0 Å². The molecule has 1 atom stereocenters. The van der Waals surface area contributed by atoms with Crippen LogP contribution in [0.2, 0.25) is 0 Å². The van der Waals surface area contributed by atoms with Crippen molar-refractivity contribution < 1.29 is 14.7 Å². The number of hydrogen-bond acceptors (Lipinski definition) is 6. The molecule has 0 saturated carbocycles. The normalized spacial score (nSPS) is 14.6. The van der Waals surface area contributed by atoms with Crippen LogP contribution < -0.4 is 10.3 Å². The van der Waals surface area contributed by atoms with Gasteiger partial charge in [0.25, 0.3) is 11.8 Å². The Balaban J connectivity index is 1.51. The summed E-state index contributed by atoms with van der Waals surface area (Å²) >= 11 is 0. The Morgan fingerprint density at radius 1 is 1.07 bits per heavy atom. The predicted octanol–water partition coefficient (Wildman–Crippen LogP) is 3.34. The van der Waals surface area contributed by atoms with Crippen molar-refractivity contribution in [2.24, 2.45) is 7.05 Å². The van der Waals surface area contributed by atoms with Crippen LogP contribution in [0.15, 0.2) is 61.1 Å². The number of aromatic nitrogens is 4. The van der Waals surface area contributed by atoms with Gasteiger partial charge in [-0.05, 0) is 61.6 Å². The summed E-state index contributed by atoms with van der Waals surface area (Å²) in [7, 11) is 1.01. The van der Waals surface area contributed by atoms with Gasteiger partial charge in [0.2, 0.25) is 0 Å². The fourth-order valence-electron chi connectivity index (χ4n) is 5.89. The molecule has 11 heteroatoms. The Hall–Kier alpha value is -4.22. The van der Waals surface area contributed by atoms with Crippen LogP contribution in [0.5, 0.6) is 0 Å². The molecular weight excluding hydrogens is 583 g/mol. The number of fused-ring (bicyclic) bond motifs is 1. The van der Waals surface area contributed by atoms with Gasteiger partial charge < -0.3 is 24.5 Å². The molecule has 0 radical (unpaired) electrons. The standard InChI is InChI=1S/C34H45N7O3Si/c1-5-7-15-39(16-8-6-2)34(44)30-17-24(3)41(36-30)31-14-13-27(37-45-32-21-38(4)23-35-32)19-29(31)33(43)40-20-26-12-10-9-11-25(26)18-28(40)22-42/h9-14,17,19,21,23,28,37,42H,5-8,15-16,18,20,22,45H2,1-4H3. The number of carbonyl (C=O) groups is 2. The Morgan fingerprint density at radius 2 is 1.80 bits per heavy atom. The summed E-state index contributed by atoms with van der Waals surface area (Å²) in [6.07, 6.45) is 8.28. The van der Waals surface area contributed by atoms with Gasteiger partial charge in [-0.2, -0.15) is 5.10 Å². The average molecular weight is 628 g/mol. The van der Waals surface area contributed by atoms with Crippen molar-refractivity contribution in [1.82, 2.24) is 29.1 Å². The number of rotatable bonds is 13. The zero-order valence-corrected chi connectivity index (χ0v) is 28.3. The maximum Gasteiger partial charge on any atom is 0.274 e. The molecule has 1 aliphatic rings. The number of aliphatic hydroxyl groups excluding tert-OH is 1. The SMILES string of the molecule is CCCCN(CCCC)C(=O)c1cc(C)n(-c2ccc(N[SiH2]c3cn(C)cn3)cc2C(=O)N2Cc3ccccc3CC2CO)n1. The van der Waals surface area contributed by atoms with Gasteiger partial charge in [0.05, 0.1) is 35.5 Å². The summed E-state index contributed by atoms with van der Waals surface area (Å²) in [5, 5.41) is 16.2. The number of amides is 2. The van der Waals surface area contributed by atoms with Gasteiger partial charge in [-0.3, -0.25) is 9.59 Å². The van der Waals surface area contributed by atoms with Crippen LogP contribution in [0.25, 0.3) is 5.69 Å². The molecule has 0 aliphatic carbocycles. The maximum absolute atomic E-state index is 14.5. The molecule has 5 rings (SSSR count). The first-order chi connectivity index (χ1) is 21.8. The van der Waals surface area contributed by atoms with Crippen LogP contribution in [0, 0.1) is 6.92 Å². The Kier molecular flexibility index (Phi) is 10.5. The van der Waals surface area contributed by atoms with Gasteiger partial charge in [0.1, 0.15) is 0 Å². The maximum atomic E-state index is 14.5. The first kappa shape index (κ1) is 32.2. The van der Waals surface area contributed by atoms with Crippen LogP contribution >= 0.6 is 0 Å². The number of nitrogens with zero attached hydrogens (tertiary/aromatic N) is 6. The molecule has 10 nitrogen and oxygen atoms in total. The number of carbonyl (C=O) groups excluding carboxylic acids is 2. The summed E-state index contributed by atoms with van der Waals surface area (Å²) in [6, 6.07) is 15.3. The zero-order valence-electron chi connectivity index (χ0n) is 26.9. The van der Waals surface area contributed by atoms with Crippen molar-refractivity contribution in [2.45, 2.75) is 65.5 Å². The monoisotopic (exact) mass is 627 g/mol. The first-order valence-electron chi connectivity index (χ1n) is 16.0. The highest BCUT2D eigenvalue weighted by Gasteiger charge is 2.32. The fourth-order valence-corrected chi connectivity index (χ4v) is 7.05. The van der Waals surface area contributed by atoms with E-state index in [2.05, 4.69) is 29.9 Å². The number of hydrogen-bond donors (Lipinski definition) is 2. The highest BCUT2D eigenvalue weighted by molar-refractivity contribution is 6.55. The van der Waals surface area contributed by atoms with Gasteiger partial charge in [0.15, 0.2) is 15.4 Å². The third-order valence-corrected chi connectivity index (χ3v) is 9.78. The highest BCUT2D eigenvalue weighted by atomic mass is 28.2. The van der Waals surface area contributed by atoms with E-state index in [0.717, 1.165) is 53.5 Å². The first-order valence-corrected chi connectivity index (χ1v) is 17.4. The van der Waals surface area contributed by atoms with Crippen molar-refractivity contribution in [3.8, 4) is 5.69 Å². The minimum atomic E-state index is -0.939. The molecule has 1 unspecified atom stereocenters. The number of anilines is 1.